The van der Waals surface area contributed by atoms with Gasteiger partial charge in [0.2, 0.25) is 17.7 Å². The molecule has 4 aliphatic rings. The van der Waals surface area contributed by atoms with Crippen molar-refractivity contribution >= 4 is 62.7 Å². The SMILES string of the molecule is CN1CCc2c(c3cccc4c3n2CC(=O)N4)C1.Nc1ccccc1N.O=C1CCc2ccccc2N1.O=NN1CC(=O)Nc2ccccc21. The van der Waals surface area contributed by atoms with Gasteiger partial charge in [0.1, 0.15) is 13.1 Å². The summed E-state index contributed by atoms with van der Waals surface area (Å²) in [6.07, 6.45) is 2.53. The number of carbonyl (C=O) groups excluding carboxylic acids is 3. The van der Waals surface area contributed by atoms with E-state index in [0.717, 1.165) is 42.3 Å². The van der Waals surface area contributed by atoms with Crippen LogP contribution in [0.1, 0.15) is 23.2 Å². The summed E-state index contributed by atoms with van der Waals surface area (Å²) in [5, 5.41) is 13.6. The number of amides is 3. The van der Waals surface area contributed by atoms with Crippen molar-refractivity contribution in [2.24, 2.45) is 5.29 Å². The van der Waals surface area contributed by atoms with Crippen molar-refractivity contribution in [2.75, 3.05) is 52.6 Å². The molecule has 5 aromatic rings. The fraction of sp³-hybridized carbons (Fsp3) is 0.216. The molecule has 0 bridgehead atoms. The topological polar surface area (TPSA) is 180 Å². The summed E-state index contributed by atoms with van der Waals surface area (Å²) in [7, 11) is 2.15. The van der Waals surface area contributed by atoms with Crippen molar-refractivity contribution in [1.82, 2.24) is 9.47 Å². The number of nitrogens with zero attached hydrogens (tertiary/aromatic N) is 4. The van der Waals surface area contributed by atoms with Gasteiger partial charge in [-0.25, -0.2) is 5.01 Å². The van der Waals surface area contributed by atoms with Crippen LogP contribution in [0.25, 0.3) is 10.9 Å². The third-order valence-corrected chi connectivity index (χ3v) is 8.80. The third-order valence-electron chi connectivity index (χ3n) is 8.80. The molecule has 0 atom stereocenters. The number of carbonyl (C=O) groups is 3. The summed E-state index contributed by atoms with van der Waals surface area (Å²) in [5.41, 5.74) is 20.5. The summed E-state index contributed by atoms with van der Waals surface area (Å²) < 4.78 is 2.21. The van der Waals surface area contributed by atoms with Crippen LogP contribution >= 0.6 is 0 Å². The molecule has 4 aliphatic heterocycles. The maximum Gasteiger partial charge on any atom is 0.246 e. The lowest BCUT2D eigenvalue weighted by Gasteiger charge is -2.24. The van der Waals surface area contributed by atoms with Gasteiger partial charge in [-0.3, -0.25) is 14.4 Å². The number of anilines is 6. The molecule has 9 rings (SSSR count). The molecule has 4 aromatic carbocycles. The Hall–Kier alpha value is -6.21. The average molecular weight is 674 g/mol. The second-order valence-electron chi connectivity index (χ2n) is 12.3. The number of para-hydroxylation sites is 6. The number of fused-ring (bicyclic) bond motifs is 5. The van der Waals surface area contributed by atoms with Gasteiger partial charge in [-0.05, 0) is 61.0 Å². The highest BCUT2D eigenvalue weighted by Gasteiger charge is 2.27. The molecule has 13 nitrogen and oxygen atoms in total. The van der Waals surface area contributed by atoms with Gasteiger partial charge in [0.15, 0.2) is 0 Å². The molecule has 5 heterocycles. The Morgan fingerprint density at radius 1 is 0.640 bits per heavy atom. The largest absolute Gasteiger partial charge is 0.397 e. The molecule has 0 spiro atoms. The Balaban J connectivity index is 0.000000120. The van der Waals surface area contributed by atoms with Crippen molar-refractivity contribution < 1.29 is 14.4 Å². The number of aromatic nitrogens is 1. The second-order valence-corrected chi connectivity index (χ2v) is 12.3. The number of nitrogens with two attached hydrogens (primary N) is 2. The molecule has 3 amide bonds. The predicted molar refractivity (Wildman–Crippen MR) is 197 cm³/mol. The number of nitrogens with one attached hydrogen (secondary N) is 3. The fourth-order valence-electron chi connectivity index (χ4n) is 6.37. The summed E-state index contributed by atoms with van der Waals surface area (Å²) >= 11 is 0. The summed E-state index contributed by atoms with van der Waals surface area (Å²) in [6.45, 7) is 2.50. The summed E-state index contributed by atoms with van der Waals surface area (Å²) in [6, 6.07) is 28.4. The number of hydrogen-bond acceptors (Lipinski definition) is 8. The van der Waals surface area contributed by atoms with Crippen LogP contribution in [0.5, 0.6) is 0 Å². The zero-order chi connectivity index (χ0) is 35.2. The lowest BCUT2D eigenvalue weighted by atomic mass is 10.0. The Bertz CT molecular complexity index is 2050. The zero-order valence-electron chi connectivity index (χ0n) is 27.7. The first-order valence-corrected chi connectivity index (χ1v) is 16.3. The second kappa shape index (κ2) is 14.9. The quantitative estimate of drug-likeness (QED) is 0.120. The number of nitroso groups, excluding NO2 is 1. The van der Waals surface area contributed by atoms with Crippen molar-refractivity contribution in [3.05, 3.63) is 113 Å². The van der Waals surface area contributed by atoms with Gasteiger partial charge >= 0.3 is 0 Å². The first-order chi connectivity index (χ1) is 24.2. The molecule has 256 valence electrons. The van der Waals surface area contributed by atoms with E-state index in [9.17, 15) is 19.3 Å². The maximum atomic E-state index is 11.8. The van der Waals surface area contributed by atoms with Crippen LogP contribution in [0, 0.1) is 4.91 Å². The molecule has 0 fully saturated rings. The normalized spacial score (nSPS) is 15.5. The highest BCUT2D eigenvalue weighted by atomic mass is 16.3. The minimum Gasteiger partial charge on any atom is -0.397 e. The number of nitrogen functional groups attached to an aromatic ring is 2. The van der Waals surface area contributed by atoms with Gasteiger partial charge in [-0.1, -0.05) is 54.6 Å². The van der Waals surface area contributed by atoms with Crippen molar-refractivity contribution in [3.63, 3.8) is 0 Å². The molecule has 50 heavy (non-hydrogen) atoms. The van der Waals surface area contributed by atoms with E-state index in [2.05, 4.69) is 49.9 Å². The first-order valence-electron chi connectivity index (χ1n) is 16.3. The van der Waals surface area contributed by atoms with E-state index in [1.54, 1.807) is 36.4 Å². The van der Waals surface area contributed by atoms with Crippen LogP contribution in [0.3, 0.4) is 0 Å². The van der Waals surface area contributed by atoms with Gasteiger partial charge in [-0.2, -0.15) is 0 Å². The molecule has 0 radical (unpaired) electrons. The van der Waals surface area contributed by atoms with Crippen LogP contribution in [0.15, 0.2) is 96.3 Å². The van der Waals surface area contributed by atoms with Gasteiger partial charge in [-0.15, -0.1) is 4.91 Å². The molecular weight excluding hydrogens is 634 g/mol. The Morgan fingerprint density at radius 3 is 2.00 bits per heavy atom. The predicted octanol–water partition coefficient (Wildman–Crippen LogP) is 5.13. The van der Waals surface area contributed by atoms with Crippen LogP contribution in [0.2, 0.25) is 0 Å². The summed E-state index contributed by atoms with van der Waals surface area (Å²) in [5.74, 6) is -0.00525. The van der Waals surface area contributed by atoms with E-state index in [0.29, 0.717) is 35.7 Å². The fourth-order valence-corrected chi connectivity index (χ4v) is 6.37. The Kier molecular flexibility index (Phi) is 10.0. The molecule has 13 heteroatoms. The van der Waals surface area contributed by atoms with E-state index < -0.39 is 0 Å². The highest BCUT2D eigenvalue weighted by Crippen LogP contribution is 2.36. The molecule has 0 unspecified atom stereocenters. The van der Waals surface area contributed by atoms with Crippen molar-refractivity contribution in [1.29, 1.82) is 0 Å². The van der Waals surface area contributed by atoms with Crippen LogP contribution < -0.4 is 32.4 Å². The smallest absolute Gasteiger partial charge is 0.246 e. The van der Waals surface area contributed by atoms with E-state index in [1.165, 1.54) is 27.7 Å². The number of benzene rings is 4. The number of likely N-dealkylation sites (N-methyl/N-ethyl adjacent to an activating group) is 1. The number of rotatable bonds is 1. The van der Waals surface area contributed by atoms with Crippen LogP contribution in [-0.4, -0.2) is 47.3 Å². The Labute approximate surface area is 289 Å². The van der Waals surface area contributed by atoms with Crippen LogP contribution in [-0.2, 0) is 40.3 Å². The lowest BCUT2D eigenvalue weighted by Crippen LogP contribution is -2.34. The minimum absolute atomic E-state index is 0.0134. The minimum atomic E-state index is -0.224. The molecule has 0 saturated heterocycles. The van der Waals surface area contributed by atoms with Crippen molar-refractivity contribution in [3.8, 4) is 0 Å². The van der Waals surface area contributed by atoms with Gasteiger partial charge in [0.05, 0.1) is 39.2 Å². The van der Waals surface area contributed by atoms with E-state index >= 15 is 0 Å². The highest BCUT2D eigenvalue weighted by molar-refractivity contribution is 6.06. The van der Waals surface area contributed by atoms with Gasteiger partial charge < -0.3 is 36.9 Å². The zero-order valence-corrected chi connectivity index (χ0v) is 27.7. The van der Waals surface area contributed by atoms with Gasteiger partial charge in [0, 0.05) is 42.7 Å². The average Bonchev–Trinajstić information content (AvgIpc) is 3.43. The standard InChI is InChI=1S/C14H15N3O.C9H9NO.C8H7N3O2.C6H8N2/c1-16-6-5-12-10(7-16)9-3-2-4-11-14(9)17(12)8-13(18)15-11;11-9-6-5-7-3-1-2-4-8(7)10-9;12-8-5-11(10-13)7-4-2-1-3-6(7)9-8;7-5-3-1-2-4-6(5)8/h2-4H,5-8H2,1H3,(H,15,18);1-4H,5-6H2,(H,10,11);1-4H,5H2,(H,9,12);1-4H,7-8H2. The van der Waals surface area contributed by atoms with Gasteiger partial charge in [0.25, 0.3) is 0 Å². The third kappa shape index (κ3) is 7.42. The molecule has 1 aromatic heterocycles. The molecule has 7 N–H and O–H groups in total. The van der Waals surface area contributed by atoms with E-state index in [4.69, 9.17) is 11.5 Å². The van der Waals surface area contributed by atoms with Crippen LogP contribution in [0.4, 0.5) is 34.1 Å². The van der Waals surface area contributed by atoms with E-state index in [-0.39, 0.29) is 24.3 Å². The maximum absolute atomic E-state index is 11.8. The summed E-state index contributed by atoms with van der Waals surface area (Å²) in [4.78, 5) is 46.4. The number of aryl methyl sites for hydroxylation is 1. The molecular formula is C37H39N9O4. The lowest BCUT2D eigenvalue weighted by molar-refractivity contribution is -0.117. The van der Waals surface area contributed by atoms with E-state index in [1.807, 2.05) is 42.5 Å². The van der Waals surface area contributed by atoms with Crippen molar-refractivity contribution in [2.45, 2.75) is 32.4 Å². The monoisotopic (exact) mass is 673 g/mol. The number of hydrogen-bond donors (Lipinski definition) is 5. The first kappa shape index (κ1) is 33.7. The molecule has 0 saturated carbocycles. The molecule has 0 aliphatic carbocycles. The Morgan fingerprint density at radius 2 is 1.26 bits per heavy atom.